The highest BCUT2D eigenvalue weighted by Gasteiger charge is 2.17. The number of rotatable bonds is 2. The van der Waals surface area contributed by atoms with Crippen LogP contribution in [0.4, 0.5) is 8.78 Å². The minimum Gasteiger partial charge on any atom is -0.235 e. The maximum atomic E-state index is 13.3. The summed E-state index contributed by atoms with van der Waals surface area (Å²) in [6, 6.07) is 3.63. The lowest BCUT2D eigenvalue weighted by Gasteiger charge is -2.22. The Balaban J connectivity index is 1.65. The first-order chi connectivity index (χ1) is 12.2. The van der Waals surface area contributed by atoms with Gasteiger partial charge in [-0.15, -0.1) is 0 Å². The lowest BCUT2D eigenvalue weighted by atomic mass is 9.82. The molecule has 0 radical (unpaired) electrons. The van der Waals surface area contributed by atoms with Gasteiger partial charge in [0.05, 0.1) is 5.56 Å². The van der Waals surface area contributed by atoms with E-state index in [0.29, 0.717) is 23.2 Å². The molecule has 0 amide bonds. The van der Waals surface area contributed by atoms with E-state index in [1.807, 2.05) is 0 Å². The molecule has 1 heterocycles. The molecule has 1 saturated carbocycles. The van der Waals surface area contributed by atoms with Gasteiger partial charge in [-0.3, -0.25) is 0 Å². The molecule has 128 valence electrons. The van der Waals surface area contributed by atoms with E-state index in [-0.39, 0.29) is 0 Å². The van der Waals surface area contributed by atoms with Crippen molar-refractivity contribution in [1.82, 2.24) is 9.97 Å². The standard InChI is InChI=1S/C21H20F2N2/c1-2-3-15-4-6-16(7-5-15)8-9-17-13-24-21(25-14-17)18-10-11-19(22)20(23)12-18/h2-3,10-16H,4-7H2,1H3/t15-,16-. The molecule has 1 aromatic heterocycles. The zero-order valence-electron chi connectivity index (χ0n) is 14.2. The van der Waals surface area contributed by atoms with Crippen LogP contribution in [-0.2, 0) is 0 Å². The quantitative estimate of drug-likeness (QED) is 0.558. The van der Waals surface area contributed by atoms with Gasteiger partial charge < -0.3 is 0 Å². The second-order valence-corrected chi connectivity index (χ2v) is 6.33. The number of aromatic nitrogens is 2. The van der Waals surface area contributed by atoms with Crippen LogP contribution in [0.15, 0.2) is 42.7 Å². The van der Waals surface area contributed by atoms with Crippen LogP contribution in [0, 0.1) is 35.3 Å². The van der Waals surface area contributed by atoms with Crippen LogP contribution < -0.4 is 0 Å². The van der Waals surface area contributed by atoms with Crippen LogP contribution in [0.25, 0.3) is 11.4 Å². The van der Waals surface area contributed by atoms with Gasteiger partial charge in [-0.25, -0.2) is 18.7 Å². The molecule has 4 heteroatoms. The minimum atomic E-state index is -0.904. The molecule has 1 aliphatic carbocycles. The van der Waals surface area contributed by atoms with Crippen LogP contribution >= 0.6 is 0 Å². The molecule has 0 N–H and O–H groups in total. The number of halogens is 2. The third-order valence-electron chi connectivity index (χ3n) is 4.49. The van der Waals surface area contributed by atoms with Gasteiger partial charge in [-0.05, 0) is 56.7 Å². The number of nitrogens with zero attached hydrogens (tertiary/aromatic N) is 2. The highest BCUT2D eigenvalue weighted by molar-refractivity contribution is 5.55. The highest BCUT2D eigenvalue weighted by atomic mass is 19.2. The molecule has 1 aliphatic rings. The monoisotopic (exact) mass is 338 g/mol. The van der Waals surface area contributed by atoms with Gasteiger partial charge in [0.2, 0.25) is 0 Å². The number of hydrogen-bond donors (Lipinski definition) is 0. The zero-order chi connectivity index (χ0) is 17.6. The van der Waals surface area contributed by atoms with Gasteiger partial charge in [0.1, 0.15) is 0 Å². The van der Waals surface area contributed by atoms with Crippen molar-refractivity contribution in [2.75, 3.05) is 0 Å². The lowest BCUT2D eigenvalue weighted by molar-refractivity contribution is 0.364. The van der Waals surface area contributed by atoms with Crippen molar-refractivity contribution in [3.8, 4) is 23.2 Å². The van der Waals surface area contributed by atoms with E-state index in [2.05, 4.69) is 40.9 Å². The van der Waals surface area contributed by atoms with E-state index in [1.54, 1.807) is 12.4 Å². The SMILES string of the molecule is CC=C[C@H]1CC[C@H](C#Cc2cnc(-c3ccc(F)c(F)c3)nc2)CC1. The fourth-order valence-corrected chi connectivity index (χ4v) is 3.09. The van der Waals surface area contributed by atoms with E-state index in [9.17, 15) is 8.78 Å². The molecule has 0 bridgehead atoms. The fourth-order valence-electron chi connectivity index (χ4n) is 3.09. The maximum absolute atomic E-state index is 13.3. The third kappa shape index (κ3) is 4.51. The molecule has 0 atom stereocenters. The molecular weight excluding hydrogens is 318 g/mol. The summed E-state index contributed by atoms with van der Waals surface area (Å²) in [4.78, 5) is 8.42. The molecule has 0 aliphatic heterocycles. The first-order valence-corrected chi connectivity index (χ1v) is 8.57. The Kier molecular flexibility index (Phi) is 5.55. The second-order valence-electron chi connectivity index (χ2n) is 6.33. The topological polar surface area (TPSA) is 25.8 Å². The zero-order valence-corrected chi connectivity index (χ0v) is 14.2. The molecule has 0 saturated heterocycles. The average Bonchev–Trinajstić information content (AvgIpc) is 2.64. The largest absolute Gasteiger partial charge is 0.235 e. The van der Waals surface area contributed by atoms with Crippen LogP contribution in [0.2, 0.25) is 0 Å². The van der Waals surface area contributed by atoms with Gasteiger partial charge in [0.15, 0.2) is 17.5 Å². The summed E-state index contributed by atoms with van der Waals surface area (Å²) in [6.45, 7) is 2.07. The Labute approximate surface area is 147 Å². The summed E-state index contributed by atoms with van der Waals surface area (Å²) in [5, 5.41) is 0. The molecule has 25 heavy (non-hydrogen) atoms. The minimum absolute atomic E-state index is 0.358. The Hall–Kier alpha value is -2.54. The average molecular weight is 338 g/mol. The van der Waals surface area contributed by atoms with Crippen molar-refractivity contribution in [3.05, 3.63) is 59.9 Å². The molecule has 2 nitrogen and oxygen atoms in total. The van der Waals surface area contributed by atoms with Crippen molar-refractivity contribution in [2.24, 2.45) is 11.8 Å². The Morgan fingerprint density at radius 2 is 1.76 bits per heavy atom. The number of allylic oxidation sites excluding steroid dienone is 2. The van der Waals surface area contributed by atoms with Crippen molar-refractivity contribution >= 4 is 0 Å². The maximum Gasteiger partial charge on any atom is 0.159 e. The predicted octanol–water partition coefficient (Wildman–Crippen LogP) is 5.16. The summed E-state index contributed by atoms with van der Waals surface area (Å²) in [7, 11) is 0. The summed E-state index contributed by atoms with van der Waals surface area (Å²) < 4.78 is 26.3. The smallest absolute Gasteiger partial charge is 0.159 e. The van der Waals surface area contributed by atoms with Crippen LogP contribution in [0.5, 0.6) is 0 Å². The summed E-state index contributed by atoms with van der Waals surface area (Å²) in [5.74, 6) is 6.14. The summed E-state index contributed by atoms with van der Waals surface area (Å²) in [6.07, 6.45) is 12.3. The predicted molar refractivity (Wildman–Crippen MR) is 94.5 cm³/mol. The first kappa shape index (κ1) is 17.3. The van der Waals surface area contributed by atoms with Gasteiger partial charge >= 0.3 is 0 Å². The Morgan fingerprint density at radius 1 is 1.04 bits per heavy atom. The highest BCUT2D eigenvalue weighted by Crippen LogP contribution is 2.29. The van der Waals surface area contributed by atoms with Crippen LogP contribution in [-0.4, -0.2) is 9.97 Å². The molecule has 1 aromatic carbocycles. The third-order valence-corrected chi connectivity index (χ3v) is 4.49. The van der Waals surface area contributed by atoms with Crippen LogP contribution in [0.3, 0.4) is 0 Å². The van der Waals surface area contributed by atoms with Crippen LogP contribution in [0.1, 0.15) is 38.2 Å². The van der Waals surface area contributed by atoms with E-state index in [4.69, 9.17) is 0 Å². The van der Waals surface area contributed by atoms with Crippen molar-refractivity contribution < 1.29 is 8.78 Å². The summed E-state index contributed by atoms with van der Waals surface area (Å²) in [5.41, 5.74) is 1.18. The Bertz CT molecular complexity index is 808. The van der Waals surface area contributed by atoms with E-state index in [1.165, 1.54) is 18.9 Å². The van der Waals surface area contributed by atoms with Crippen molar-refractivity contribution in [2.45, 2.75) is 32.6 Å². The van der Waals surface area contributed by atoms with E-state index >= 15 is 0 Å². The fraction of sp³-hybridized carbons (Fsp3) is 0.333. The van der Waals surface area contributed by atoms with Crippen molar-refractivity contribution in [1.29, 1.82) is 0 Å². The first-order valence-electron chi connectivity index (χ1n) is 8.57. The normalized spacial score (nSPS) is 20.3. The molecule has 2 aromatic rings. The summed E-state index contributed by atoms with van der Waals surface area (Å²) >= 11 is 0. The molecule has 3 rings (SSSR count). The molecule has 0 spiro atoms. The van der Waals surface area contributed by atoms with Gasteiger partial charge in [-0.2, -0.15) is 0 Å². The second kappa shape index (κ2) is 8.02. The van der Waals surface area contributed by atoms with E-state index < -0.39 is 11.6 Å². The lowest BCUT2D eigenvalue weighted by Crippen LogP contribution is -2.11. The molecule has 1 fully saturated rings. The molecular formula is C21H20F2N2. The van der Waals surface area contributed by atoms with Gasteiger partial charge in [-0.1, -0.05) is 24.0 Å². The Morgan fingerprint density at radius 3 is 2.40 bits per heavy atom. The van der Waals surface area contributed by atoms with E-state index in [0.717, 1.165) is 30.5 Å². The van der Waals surface area contributed by atoms with Gasteiger partial charge in [0.25, 0.3) is 0 Å². The van der Waals surface area contributed by atoms with Crippen molar-refractivity contribution in [3.63, 3.8) is 0 Å². The van der Waals surface area contributed by atoms with Gasteiger partial charge in [0, 0.05) is 23.9 Å². The number of benzene rings is 1. The number of hydrogen-bond acceptors (Lipinski definition) is 2. The molecule has 0 unspecified atom stereocenters.